The number of carbonyl (C=O) groups excluding carboxylic acids is 1. The zero-order chi connectivity index (χ0) is 15.9. The molecule has 0 atom stereocenters. The van der Waals surface area contributed by atoms with Crippen molar-refractivity contribution in [3.05, 3.63) is 45.8 Å². The lowest BCUT2D eigenvalue weighted by atomic mass is 10.2. The number of rotatable bonds is 7. The molecule has 1 aromatic heterocycles. The van der Waals surface area contributed by atoms with Crippen LogP contribution in [-0.2, 0) is 11.2 Å². The van der Waals surface area contributed by atoms with Gasteiger partial charge in [-0.05, 0) is 31.5 Å². The molecule has 1 aromatic carbocycles. The summed E-state index contributed by atoms with van der Waals surface area (Å²) >= 11 is 11.7. The normalized spacial score (nSPS) is 10.5. The summed E-state index contributed by atoms with van der Waals surface area (Å²) in [6.45, 7) is 2.31. The van der Waals surface area contributed by atoms with E-state index in [0.717, 1.165) is 24.3 Å². The van der Waals surface area contributed by atoms with Gasteiger partial charge in [-0.15, -0.1) is 0 Å². The molecule has 2 rings (SSSR count). The van der Waals surface area contributed by atoms with E-state index in [2.05, 4.69) is 10.5 Å². The van der Waals surface area contributed by atoms with Gasteiger partial charge in [0.2, 0.25) is 0 Å². The molecule has 0 unspecified atom stereocenters. The van der Waals surface area contributed by atoms with Crippen LogP contribution < -0.4 is 10.1 Å². The van der Waals surface area contributed by atoms with E-state index in [-0.39, 0.29) is 12.5 Å². The molecule has 0 aliphatic rings. The fourth-order valence-corrected chi connectivity index (χ4v) is 2.27. The van der Waals surface area contributed by atoms with Crippen molar-refractivity contribution < 1.29 is 14.1 Å². The maximum atomic E-state index is 11.7. The van der Waals surface area contributed by atoms with Gasteiger partial charge in [0.1, 0.15) is 11.5 Å². The molecule has 1 amide bonds. The van der Waals surface area contributed by atoms with Crippen LogP contribution in [0.3, 0.4) is 0 Å². The summed E-state index contributed by atoms with van der Waals surface area (Å²) < 4.78 is 10.4. The summed E-state index contributed by atoms with van der Waals surface area (Å²) in [7, 11) is 0. The molecule has 1 N–H and O–H groups in total. The van der Waals surface area contributed by atoms with Crippen LogP contribution in [-0.4, -0.2) is 24.2 Å². The molecule has 0 aliphatic carbocycles. The smallest absolute Gasteiger partial charge is 0.257 e. The van der Waals surface area contributed by atoms with E-state index in [4.69, 9.17) is 32.5 Å². The van der Waals surface area contributed by atoms with Gasteiger partial charge in [-0.25, -0.2) is 0 Å². The van der Waals surface area contributed by atoms with E-state index in [1.54, 1.807) is 18.2 Å². The second-order valence-electron chi connectivity index (χ2n) is 4.75. The second-order valence-corrected chi connectivity index (χ2v) is 5.60. The Labute approximate surface area is 138 Å². The van der Waals surface area contributed by atoms with Gasteiger partial charge >= 0.3 is 0 Å². The van der Waals surface area contributed by atoms with E-state index < -0.39 is 0 Å². The zero-order valence-corrected chi connectivity index (χ0v) is 13.6. The Morgan fingerprint density at radius 1 is 1.36 bits per heavy atom. The summed E-state index contributed by atoms with van der Waals surface area (Å²) in [5.74, 6) is 1.04. The highest BCUT2D eigenvalue weighted by Gasteiger charge is 2.06. The van der Waals surface area contributed by atoms with Crippen molar-refractivity contribution in [2.45, 2.75) is 19.8 Å². The Bertz CT molecular complexity index is 643. The average Bonchev–Trinajstić information content (AvgIpc) is 2.88. The van der Waals surface area contributed by atoms with Crippen LogP contribution in [0.1, 0.15) is 17.9 Å². The molecule has 0 spiro atoms. The lowest BCUT2D eigenvalue weighted by molar-refractivity contribution is -0.123. The number of carbonyl (C=O) groups is 1. The van der Waals surface area contributed by atoms with E-state index in [1.165, 1.54) is 0 Å². The third-order valence-corrected chi connectivity index (χ3v) is 3.38. The first-order chi connectivity index (χ1) is 10.5. The number of nitrogens with one attached hydrogen (secondary N) is 1. The number of ether oxygens (including phenoxy) is 1. The summed E-state index contributed by atoms with van der Waals surface area (Å²) in [4.78, 5) is 11.7. The lowest BCUT2D eigenvalue weighted by Crippen LogP contribution is -2.29. The highest BCUT2D eigenvalue weighted by atomic mass is 35.5. The van der Waals surface area contributed by atoms with Crippen LogP contribution >= 0.6 is 23.2 Å². The predicted molar refractivity (Wildman–Crippen MR) is 84.5 cm³/mol. The zero-order valence-electron chi connectivity index (χ0n) is 12.1. The second kappa shape index (κ2) is 8.06. The highest BCUT2D eigenvalue weighted by Crippen LogP contribution is 2.27. The van der Waals surface area contributed by atoms with Crippen molar-refractivity contribution in [3.8, 4) is 5.75 Å². The average molecular weight is 343 g/mol. The van der Waals surface area contributed by atoms with Crippen molar-refractivity contribution in [3.63, 3.8) is 0 Å². The van der Waals surface area contributed by atoms with Crippen LogP contribution in [0.15, 0.2) is 28.8 Å². The van der Waals surface area contributed by atoms with Crippen LogP contribution in [0, 0.1) is 6.92 Å². The first-order valence-corrected chi connectivity index (χ1v) is 7.57. The predicted octanol–water partition coefficient (Wildman–Crippen LogP) is 3.42. The van der Waals surface area contributed by atoms with Crippen LogP contribution in [0.5, 0.6) is 5.75 Å². The third-order valence-electron chi connectivity index (χ3n) is 2.85. The Morgan fingerprint density at radius 2 is 2.18 bits per heavy atom. The lowest BCUT2D eigenvalue weighted by Gasteiger charge is -2.08. The fourth-order valence-electron chi connectivity index (χ4n) is 1.81. The number of amides is 1. The van der Waals surface area contributed by atoms with Crippen LogP contribution in [0.2, 0.25) is 10.0 Å². The molecule has 2 aromatic rings. The van der Waals surface area contributed by atoms with Gasteiger partial charge in [0.05, 0.1) is 10.7 Å². The Morgan fingerprint density at radius 3 is 2.86 bits per heavy atom. The molecule has 118 valence electrons. The summed E-state index contributed by atoms with van der Waals surface area (Å²) in [6.07, 6.45) is 1.49. The molecular weight excluding hydrogens is 327 g/mol. The number of benzene rings is 1. The van der Waals surface area contributed by atoms with Crippen molar-refractivity contribution in [1.29, 1.82) is 0 Å². The minimum absolute atomic E-state index is 0.0945. The molecule has 22 heavy (non-hydrogen) atoms. The summed E-state index contributed by atoms with van der Waals surface area (Å²) in [5, 5.41) is 7.46. The quantitative estimate of drug-likeness (QED) is 0.783. The molecule has 0 saturated heterocycles. The van der Waals surface area contributed by atoms with Gasteiger partial charge in [-0.1, -0.05) is 28.4 Å². The maximum Gasteiger partial charge on any atom is 0.257 e. The first-order valence-electron chi connectivity index (χ1n) is 6.81. The number of halogens is 2. The highest BCUT2D eigenvalue weighted by molar-refractivity contribution is 6.35. The molecule has 1 heterocycles. The monoisotopic (exact) mass is 342 g/mol. The van der Waals surface area contributed by atoms with Crippen molar-refractivity contribution in [2.75, 3.05) is 13.2 Å². The molecule has 0 saturated carbocycles. The molecule has 7 heteroatoms. The SMILES string of the molecule is Cc1cc(CCCNC(=O)COc2ccc(Cl)cc2Cl)on1. The van der Waals surface area contributed by atoms with E-state index in [0.29, 0.717) is 22.3 Å². The standard InChI is InChI=1S/C15H16Cl2N2O3/c1-10-7-12(22-19-10)3-2-6-18-15(20)9-21-14-5-4-11(16)8-13(14)17/h4-5,7-8H,2-3,6,9H2,1H3,(H,18,20). The largest absolute Gasteiger partial charge is 0.482 e. The molecule has 0 fully saturated rings. The molecule has 0 aliphatic heterocycles. The first kappa shape index (κ1) is 16.6. The van der Waals surface area contributed by atoms with Gasteiger partial charge in [0.25, 0.3) is 5.91 Å². The Hall–Kier alpha value is -1.72. The van der Waals surface area contributed by atoms with Gasteiger partial charge in [0, 0.05) is 24.1 Å². The topological polar surface area (TPSA) is 64.4 Å². The van der Waals surface area contributed by atoms with Crippen molar-refractivity contribution in [1.82, 2.24) is 10.5 Å². The maximum absolute atomic E-state index is 11.7. The van der Waals surface area contributed by atoms with Gasteiger partial charge in [-0.2, -0.15) is 0 Å². The van der Waals surface area contributed by atoms with Crippen molar-refractivity contribution >= 4 is 29.1 Å². The van der Waals surface area contributed by atoms with E-state index in [9.17, 15) is 4.79 Å². The molecule has 5 nitrogen and oxygen atoms in total. The van der Waals surface area contributed by atoms with E-state index >= 15 is 0 Å². The Balaban J connectivity index is 1.65. The van der Waals surface area contributed by atoms with Crippen LogP contribution in [0.25, 0.3) is 0 Å². The van der Waals surface area contributed by atoms with Gasteiger partial charge in [0.15, 0.2) is 6.61 Å². The molecule has 0 bridgehead atoms. The van der Waals surface area contributed by atoms with Crippen LogP contribution in [0.4, 0.5) is 0 Å². The number of aryl methyl sites for hydroxylation is 2. The third kappa shape index (κ3) is 5.24. The molecular formula is C15H16Cl2N2O3. The fraction of sp³-hybridized carbons (Fsp3) is 0.333. The van der Waals surface area contributed by atoms with Crippen molar-refractivity contribution in [2.24, 2.45) is 0 Å². The van der Waals surface area contributed by atoms with Gasteiger partial charge < -0.3 is 14.6 Å². The van der Waals surface area contributed by atoms with Gasteiger partial charge in [-0.3, -0.25) is 4.79 Å². The Kier molecular flexibility index (Phi) is 6.10. The molecule has 0 radical (unpaired) electrons. The van der Waals surface area contributed by atoms with E-state index in [1.807, 2.05) is 13.0 Å². The summed E-state index contributed by atoms with van der Waals surface area (Å²) in [6, 6.07) is 6.73. The number of hydrogen-bond acceptors (Lipinski definition) is 4. The number of aromatic nitrogens is 1. The number of nitrogens with zero attached hydrogens (tertiary/aromatic N) is 1. The summed E-state index contributed by atoms with van der Waals surface area (Å²) in [5.41, 5.74) is 0.854. The minimum atomic E-state index is -0.209. The number of hydrogen-bond donors (Lipinski definition) is 1. The minimum Gasteiger partial charge on any atom is -0.482 e.